The summed E-state index contributed by atoms with van der Waals surface area (Å²) in [5.41, 5.74) is 6.06. The van der Waals surface area contributed by atoms with Crippen molar-refractivity contribution in [1.29, 1.82) is 5.26 Å². The number of rotatable bonds is 2. The summed E-state index contributed by atoms with van der Waals surface area (Å²) in [7, 11) is 3.51. The summed E-state index contributed by atoms with van der Waals surface area (Å²) in [4.78, 5) is 0. The predicted octanol–water partition coefficient (Wildman–Crippen LogP) is 5.27. The SMILES string of the molecule is COC1CCc2cc(Br)ccc21.COC1CCc2cc(C#N)ccc21. The Hall–Kier alpha value is -1.67. The fourth-order valence-corrected chi connectivity index (χ4v) is 4.09. The van der Waals surface area contributed by atoms with E-state index < -0.39 is 0 Å². The van der Waals surface area contributed by atoms with Gasteiger partial charge in [0.2, 0.25) is 0 Å². The van der Waals surface area contributed by atoms with Crippen molar-refractivity contribution in [3.05, 3.63) is 68.7 Å². The van der Waals surface area contributed by atoms with Crippen LogP contribution in [0, 0.1) is 11.3 Å². The lowest BCUT2D eigenvalue weighted by Crippen LogP contribution is -1.95. The van der Waals surface area contributed by atoms with Crippen molar-refractivity contribution in [1.82, 2.24) is 0 Å². The Morgan fingerprint density at radius 3 is 2.04 bits per heavy atom. The molecule has 0 heterocycles. The van der Waals surface area contributed by atoms with Crippen molar-refractivity contribution >= 4 is 15.9 Å². The Bertz CT molecular complexity index is 797. The molecule has 2 aliphatic rings. The van der Waals surface area contributed by atoms with E-state index in [-0.39, 0.29) is 6.10 Å². The van der Waals surface area contributed by atoms with E-state index >= 15 is 0 Å². The van der Waals surface area contributed by atoms with E-state index in [9.17, 15) is 0 Å². The highest BCUT2D eigenvalue weighted by Crippen LogP contribution is 2.35. The van der Waals surface area contributed by atoms with Gasteiger partial charge in [0, 0.05) is 18.7 Å². The molecule has 2 unspecified atom stereocenters. The van der Waals surface area contributed by atoms with Crippen LogP contribution in [0.4, 0.5) is 0 Å². The summed E-state index contributed by atoms with van der Waals surface area (Å²) in [5, 5.41) is 8.71. The molecule has 2 aromatic rings. The second-order valence-electron chi connectivity index (χ2n) is 6.39. The summed E-state index contributed by atoms with van der Waals surface area (Å²) < 4.78 is 11.9. The molecule has 2 aliphatic carbocycles. The molecular formula is C21H22BrNO2. The monoisotopic (exact) mass is 399 g/mol. The molecule has 0 aromatic heterocycles. The molecule has 0 amide bonds. The topological polar surface area (TPSA) is 42.2 Å². The maximum absolute atomic E-state index is 8.71. The van der Waals surface area contributed by atoms with Gasteiger partial charge in [0.25, 0.3) is 0 Å². The number of ether oxygens (including phenoxy) is 2. The minimum Gasteiger partial charge on any atom is -0.377 e. The molecule has 0 saturated carbocycles. The number of methoxy groups -OCH3 is 2. The number of halogens is 1. The third-order valence-electron chi connectivity index (χ3n) is 4.99. The number of nitrogens with zero attached hydrogens (tertiary/aromatic N) is 1. The first-order valence-corrected chi connectivity index (χ1v) is 9.32. The molecule has 0 bridgehead atoms. The van der Waals surface area contributed by atoms with Crippen LogP contribution in [0.25, 0.3) is 0 Å². The van der Waals surface area contributed by atoms with Gasteiger partial charge in [0.1, 0.15) is 0 Å². The van der Waals surface area contributed by atoms with Gasteiger partial charge in [0.15, 0.2) is 0 Å². The molecule has 130 valence electrons. The summed E-state index contributed by atoms with van der Waals surface area (Å²) in [6.45, 7) is 0. The highest BCUT2D eigenvalue weighted by Gasteiger charge is 2.22. The van der Waals surface area contributed by atoms with Crippen LogP contribution >= 0.6 is 15.9 Å². The van der Waals surface area contributed by atoms with Gasteiger partial charge in [-0.25, -0.2) is 0 Å². The molecule has 2 aromatic carbocycles. The minimum atomic E-state index is 0.239. The minimum absolute atomic E-state index is 0.239. The lowest BCUT2D eigenvalue weighted by molar-refractivity contribution is 0.105. The van der Waals surface area contributed by atoms with Crippen LogP contribution in [0.3, 0.4) is 0 Å². The number of fused-ring (bicyclic) bond motifs is 2. The van der Waals surface area contributed by atoms with E-state index in [1.54, 1.807) is 14.2 Å². The molecule has 3 nitrogen and oxygen atoms in total. The first kappa shape index (κ1) is 18.1. The van der Waals surface area contributed by atoms with Crippen LogP contribution in [0.5, 0.6) is 0 Å². The zero-order valence-electron chi connectivity index (χ0n) is 14.6. The predicted molar refractivity (Wildman–Crippen MR) is 101 cm³/mol. The fraction of sp³-hybridized carbons (Fsp3) is 0.381. The van der Waals surface area contributed by atoms with E-state index in [0.717, 1.165) is 35.7 Å². The largest absolute Gasteiger partial charge is 0.377 e. The average Bonchev–Trinajstić information content (AvgIpc) is 3.24. The molecule has 2 atom stereocenters. The molecule has 25 heavy (non-hydrogen) atoms. The zero-order valence-corrected chi connectivity index (χ0v) is 16.2. The van der Waals surface area contributed by atoms with Crippen LogP contribution in [0.1, 0.15) is 52.9 Å². The molecule has 0 radical (unpaired) electrons. The van der Waals surface area contributed by atoms with Gasteiger partial charge in [-0.15, -0.1) is 0 Å². The second kappa shape index (κ2) is 8.14. The van der Waals surface area contributed by atoms with Gasteiger partial charge in [-0.3, -0.25) is 0 Å². The van der Waals surface area contributed by atoms with Crippen molar-refractivity contribution in [3.8, 4) is 6.07 Å². The van der Waals surface area contributed by atoms with Gasteiger partial charge >= 0.3 is 0 Å². The molecule has 0 saturated heterocycles. The van der Waals surface area contributed by atoms with E-state index in [0.29, 0.717) is 6.10 Å². The maximum Gasteiger partial charge on any atom is 0.0991 e. The Balaban J connectivity index is 0.000000146. The van der Waals surface area contributed by atoms with Crippen LogP contribution in [-0.4, -0.2) is 14.2 Å². The third kappa shape index (κ3) is 3.95. The standard InChI is InChI=1S/C11H11NO.C10H11BrO/c1-13-11-5-3-9-6-8(7-12)2-4-10(9)11;1-12-10-5-2-7-6-8(11)3-4-9(7)10/h2,4,6,11H,3,5H2,1H3;3-4,6,10H,2,5H2,1H3. The van der Waals surface area contributed by atoms with E-state index in [1.165, 1.54) is 22.3 Å². The highest BCUT2D eigenvalue weighted by molar-refractivity contribution is 9.10. The van der Waals surface area contributed by atoms with Crippen molar-refractivity contribution in [2.75, 3.05) is 14.2 Å². The number of aryl methyl sites for hydroxylation is 2. The highest BCUT2D eigenvalue weighted by atomic mass is 79.9. The quantitative estimate of drug-likeness (QED) is 0.689. The Labute approximate surface area is 157 Å². The normalized spacial score (nSPS) is 20.2. The first-order valence-electron chi connectivity index (χ1n) is 8.53. The number of benzene rings is 2. The van der Waals surface area contributed by atoms with Gasteiger partial charge in [-0.05, 0) is 72.2 Å². The number of hydrogen-bond acceptors (Lipinski definition) is 3. The summed E-state index contributed by atoms with van der Waals surface area (Å²) >= 11 is 3.47. The molecule has 0 fully saturated rings. The summed E-state index contributed by atoms with van der Waals surface area (Å²) in [5.74, 6) is 0. The van der Waals surface area contributed by atoms with Crippen molar-refractivity contribution < 1.29 is 9.47 Å². The molecule has 0 aliphatic heterocycles. The van der Waals surface area contributed by atoms with E-state index in [2.05, 4.69) is 40.2 Å². The molecule has 0 N–H and O–H groups in total. The third-order valence-corrected chi connectivity index (χ3v) is 5.48. The van der Waals surface area contributed by atoms with Gasteiger partial charge in [-0.2, -0.15) is 5.26 Å². The van der Waals surface area contributed by atoms with Crippen LogP contribution in [0.2, 0.25) is 0 Å². The lowest BCUT2D eigenvalue weighted by atomic mass is 10.1. The van der Waals surface area contributed by atoms with E-state index in [4.69, 9.17) is 14.7 Å². The maximum atomic E-state index is 8.71. The Morgan fingerprint density at radius 1 is 0.920 bits per heavy atom. The van der Waals surface area contributed by atoms with E-state index in [1.807, 2.05) is 18.2 Å². The summed E-state index contributed by atoms with van der Waals surface area (Å²) in [6.07, 6.45) is 4.91. The number of hydrogen-bond donors (Lipinski definition) is 0. The Kier molecular flexibility index (Phi) is 5.90. The van der Waals surface area contributed by atoms with Crippen molar-refractivity contribution in [2.24, 2.45) is 0 Å². The molecule has 4 rings (SSSR count). The van der Waals surface area contributed by atoms with Gasteiger partial charge in [0.05, 0.1) is 23.8 Å². The molecular weight excluding hydrogens is 378 g/mol. The average molecular weight is 400 g/mol. The second-order valence-corrected chi connectivity index (χ2v) is 7.31. The zero-order chi connectivity index (χ0) is 17.8. The van der Waals surface area contributed by atoms with Gasteiger partial charge in [-0.1, -0.05) is 28.1 Å². The Morgan fingerprint density at radius 2 is 1.48 bits per heavy atom. The lowest BCUT2D eigenvalue weighted by Gasteiger charge is -2.08. The summed E-state index contributed by atoms with van der Waals surface area (Å²) in [6, 6.07) is 14.4. The van der Waals surface area contributed by atoms with Crippen LogP contribution in [0.15, 0.2) is 40.9 Å². The first-order chi connectivity index (χ1) is 12.2. The fourth-order valence-electron chi connectivity index (χ4n) is 3.68. The van der Waals surface area contributed by atoms with Crippen molar-refractivity contribution in [2.45, 2.75) is 37.9 Å². The van der Waals surface area contributed by atoms with Crippen LogP contribution in [-0.2, 0) is 22.3 Å². The van der Waals surface area contributed by atoms with Crippen LogP contribution < -0.4 is 0 Å². The number of nitriles is 1. The smallest absolute Gasteiger partial charge is 0.0991 e. The molecule has 4 heteroatoms. The van der Waals surface area contributed by atoms with Crippen molar-refractivity contribution in [3.63, 3.8) is 0 Å². The van der Waals surface area contributed by atoms with Gasteiger partial charge < -0.3 is 9.47 Å². The molecule has 0 spiro atoms.